The van der Waals surface area contributed by atoms with E-state index in [1.807, 2.05) is 13.0 Å². The van der Waals surface area contributed by atoms with Crippen LogP contribution in [0.4, 0.5) is 0 Å². The van der Waals surface area contributed by atoms with Crippen LogP contribution in [0.3, 0.4) is 0 Å². The van der Waals surface area contributed by atoms with Gasteiger partial charge in [0.25, 0.3) is 5.91 Å². The fourth-order valence-corrected chi connectivity index (χ4v) is 3.07. The number of likely N-dealkylation sites (tertiary alicyclic amines) is 1. The molecule has 0 aliphatic carbocycles. The van der Waals surface area contributed by atoms with Crippen molar-refractivity contribution >= 4 is 11.9 Å². The van der Waals surface area contributed by atoms with Crippen molar-refractivity contribution in [2.24, 2.45) is 5.41 Å². The Morgan fingerprint density at radius 2 is 2.09 bits per heavy atom. The number of aryl methyl sites for hydroxylation is 1. The van der Waals surface area contributed by atoms with Gasteiger partial charge in [-0.3, -0.25) is 9.59 Å². The molecule has 1 aliphatic heterocycles. The molecule has 0 radical (unpaired) electrons. The van der Waals surface area contributed by atoms with Crippen molar-refractivity contribution in [2.45, 2.75) is 19.8 Å². The summed E-state index contributed by atoms with van der Waals surface area (Å²) in [6, 6.07) is 5.27. The highest BCUT2D eigenvalue weighted by atomic mass is 16.5. The van der Waals surface area contributed by atoms with E-state index < -0.39 is 11.4 Å². The minimum Gasteiger partial charge on any atom is -0.496 e. The number of carbonyl (C=O) groups is 2. The van der Waals surface area contributed by atoms with Gasteiger partial charge < -0.3 is 19.5 Å². The van der Waals surface area contributed by atoms with Crippen LogP contribution < -0.4 is 4.74 Å². The molecule has 1 saturated heterocycles. The highest BCUT2D eigenvalue weighted by Crippen LogP contribution is 2.32. The molecule has 1 aromatic carbocycles. The predicted molar refractivity (Wildman–Crippen MR) is 84.8 cm³/mol. The minimum atomic E-state index is -1.03. The average molecular weight is 321 g/mol. The zero-order valence-corrected chi connectivity index (χ0v) is 13.8. The van der Waals surface area contributed by atoms with Crippen LogP contribution in [0.25, 0.3) is 0 Å². The lowest BCUT2D eigenvalue weighted by Gasteiger charge is -2.39. The quantitative estimate of drug-likeness (QED) is 0.897. The van der Waals surface area contributed by atoms with Gasteiger partial charge >= 0.3 is 5.97 Å². The molecule has 6 heteroatoms. The Hall–Kier alpha value is -2.08. The van der Waals surface area contributed by atoms with Crippen LogP contribution in [-0.4, -0.2) is 55.8 Å². The van der Waals surface area contributed by atoms with Gasteiger partial charge in [0, 0.05) is 25.8 Å². The van der Waals surface area contributed by atoms with E-state index in [1.54, 1.807) is 24.1 Å². The highest BCUT2D eigenvalue weighted by molar-refractivity contribution is 5.95. The maximum absolute atomic E-state index is 12.7. The molecule has 1 heterocycles. The Morgan fingerprint density at radius 3 is 2.70 bits per heavy atom. The van der Waals surface area contributed by atoms with E-state index in [-0.39, 0.29) is 19.1 Å². The van der Waals surface area contributed by atoms with Crippen molar-refractivity contribution < 1.29 is 24.2 Å². The van der Waals surface area contributed by atoms with Crippen LogP contribution in [0.15, 0.2) is 18.2 Å². The van der Waals surface area contributed by atoms with Crippen molar-refractivity contribution in [3.63, 3.8) is 0 Å². The second-order valence-corrected chi connectivity index (χ2v) is 6.03. The van der Waals surface area contributed by atoms with E-state index in [4.69, 9.17) is 9.47 Å². The summed E-state index contributed by atoms with van der Waals surface area (Å²) in [4.78, 5) is 26.0. The molecule has 2 rings (SSSR count). The van der Waals surface area contributed by atoms with E-state index in [0.29, 0.717) is 30.7 Å². The zero-order valence-electron chi connectivity index (χ0n) is 13.8. The van der Waals surface area contributed by atoms with E-state index in [2.05, 4.69) is 0 Å². The molecule has 0 aromatic heterocycles. The van der Waals surface area contributed by atoms with Crippen LogP contribution >= 0.6 is 0 Å². The summed E-state index contributed by atoms with van der Waals surface area (Å²) in [6.07, 6.45) is 1.15. The third kappa shape index (κ3) is 3.47. The fourth-order valence-electron chi connectivity index (χ4n) is 3.07. The number of carbonyl (C=O) groups excluding carboxylic acids is 1. The maximum atomic E-state index is 12.7. The zero-order chi connectivity index (χ0) is 17.0. The lowest BCUT2D eigenvalue weighted by atomic mass is 9.80. The normalized spacial score (nSPS) is 21.1. The first-order valence-corrected chi connectivity index (χ1v) is 7.60. The van der Waals surface area contributed by atoms with Crippen molar-refractivity contribution in [3.05, 3.63) is 29.3 Å². The monoisotopic (exact) mass is 321 g/mol. The summed E-state index contributed by atoms with van der Waals surface area (Å²) >= 11 is 0. The maximum Gasteiger partial charge on any atom is 0.313 e. The molecule has 1 atom stereocenters. The molecule has 1 aliphatic rings. The third-order valence-corrected chi connectivity index (χ3v) is 4.39. The number of nitrogens with zero attached hydrogens (tertiary/aromatic N) is 1. The van der Waals surface area contributed by atoms with Gasteiger partial charge in [-0.2, -0.15) is 0 Å². The number of rotatable bonds is 5. The molecule has 0 bridgehead atoms. The molecule has 1 unspecified atom stereocenters. The highest BCUT2D eigenvalue weighted by Gasteiger charge is 2.44. The van der Waals surface area contributed by atoms with Crippen LogP contribution in [0.2, 0.25) is 0 Å². The predicted octanol–water partition coefficient (Wildman–Crippen LogP) is 1.96. The lowest BCUT2D eigenvalue weighted by Crippen LogP contribution is -2.52. The van der Waals surface area contributed by atoms with Gasteiger partial charge in [-0.15, -0.1) is 0 Å². The Balaban J connectivity index is 2.23. The fraction of sp³-hybridized carbons (Fsp3) is 0.529. The second kappa shape index (κ2) is 7.00. The molecule has 1 N–H and O–H groups in total. The first kappa shape index (κ1) is 17.3. The third-order valence-electron chi connectivity index (χ3n) is 4.39. The number of hydrogen-bond donors (Lipinski definition) is 1. The van der Waals surface area contributed by atoms with Gasteiger partial charge in [0.1, 0.15) is 11.2 Å². The number of ether oxygens (including phenoxy) is 2. The van der Waals surface area contributed by atoms with Crippen molar-refractivity contribution in [2.75, 3.05) is 33.9 Å². The van der Waals surface area contributed by atoms with Crippen LogP contribution in [0.5, 0.6) is 5.75 Å². The number of piperidine rings is 1. The second-order valence-electron chi connectivity index (χ2n) is 6.03. The van der Waals surface area contributed by atoms with Crippen LogP contribution in [0.1, 0.15) is 28.8 Å². The molecule has 1 aromatic rings. The van der Waals surface area contributed by atoms with Gasteiger partial charge in [0.15, 0.2) is 0 Å². The Kier molecular flexibility index (Phi) is 5.26. The standard InChI is InChI=1S/C17H23NO5/c1-12-5-6-13(9-14(12)23-3)15(19)18-8-4-7-17(10-18,11-22-2)16(20)21/h5-6,9H,4,7-8,10-11H2,1-3H3,(H,20,21). The summed E-state index contributed by atoms with van der Waals surface area (Å²) in [7, 11) is 3.04. The SMILES string of the molecule is COCC1(C(=O)O)CCCN(C(=O)c2ccc(C)c(OC)c2)C1. The van der Waals surface area contributed by atoms with Gasteiger partial charge in [0.05, 0.1) is 13.7 Å². The van der Waals surface area contributed by atoms with Crippen molar-refractivity contribution in [3.8, 4) is 5.75 Å². The van der Waals surface area contributed by atoms with E-state index in [0.717, 1.165) is 5.56 Å². The largest absolute Gasteiger partial charge is 0.496 e. The summed E-state index contributed by atoms with van der Waals surface area (Å²) in [5, 5.41) is 9.57. The molecule has 6 nitrogen and oxygen atoms in total. The van der Waals surface area contributed by atoms with E-state index in [1.165, 1.54) is 7.11 Å². The molecule has 1 fully saturated rings. The summed E-state index contributed by atoms with van der Waals surface area (Å²) in [6.45, 7) is 2.71. The molecular weight excluding hydrogens is 298 g/mol. The summed E-state index contributed by atoms with van der Waals surface area (Å²) in [5.74, 6) is -0.447. The molecule has 1 amide bonds. The Morgan fingerprint density at radius 1 is 1.35 bits per heavy atom. The first-order chi connectivity index (χ1) is 10.9. The number of amides is 1. The summed E-state index contributed by atoms with van der Waals surface area (Å²) < 4.78 is 10.3. The van der Waals surface area contributed by atoms with Crippen molar-refractivity contribution in [1.82, 2.24) is 4.90 Å². The number of benzene rings is 1. The smallest absolute Gasteiger partial charge is 0.313 e. The van der Waals surface area contributed by atoms with Gasteiger partial charge in [-0.1, -0.05) is 6.07 Å². The Bertz CT molecular complexity index is 597. The number of aliphatic carboxylic acids is 1. The van der Waals surface area contributed by atoms with Gasteiger partial charge in [-0.25, -0.2) is 0 Å². The number of hydrogen-bond acceptors (Lipinski definition) is 4. The van der Waals surface area contributed by atoms with Crippen LogP contribution in [-0.2, 0) is 9.53 Å². The molecule has 23 heavy (non-hydrogen) atoms. The van der Waals surface area contributed by atoms with Gasteiger partial charge in [0.2, 0.25) is 0 Å². The Labute approximate surface area is 136 Å². The van der Waals surface area contributed by atoms with Gasteiger partial charge in [-0.05, 0) is 37.5 Å². The van der Waals surface area contributed by atoms with E-state index in [9.17, 15) is 14.7 Å². The summed E-state index contributed by atoms with van der Waals surface area (Å²) in [5.41, 5.74) is 0.422. The minimum absolute atomic E-state index is 0.101. The van der Waals surface area contributed by atoms with Crippen LogP contribution in [0, 0.1) is 12.3 Å². The number of carboxylic acids is 1. The lowest BCUT2D eigenvalue weighted by molar-refractivity contribution is -0.155. The molecule has 0 spiro atoms. The number of carboxylic acid groups (broad SMARTS) is 1. The molecule has 126 valence electrons. The average Bonchev–Trinajstić information content (AvgIpc) is 2.55. The van der Waals surface area contributed by atoms with Crippen molar-refractivity contribution in [1.29, 1.82) is 0 Å². The number of methoxy groups -OCH3 is 2. The molecule has 0 saturated carbocycles. The first-order valence-electron chi connectivity index (χ1n) is 7.60. The topological polar surface area (TPSA) is 76.1 Å². The van der Waals surface area contributed by atoms with E-state index >= 15 is 0 Å². The molecular formula is C17H23NO5.